The molecule has 0 saturated carbocycles. The maximum atomic E-state index is 12.7. The lowest BCUT2D eigenvalue weighted by Crippen LogP contribution is -2.51. The van der Waals surface area contributed by atoms with Crippen LogP contribution in [0.2, 0.25) is 0 Å². The molecule has 2 aliphatic rings. The Labute approximate surface area is 141 Å². The van der Waals surface area contributed by atoms with Crippen LogP contribution in [0.1, 0.15) is 35.0 Å². The van der Waals surface area contributed by atoms with Crippen LogP contribution in [-0.2, 0) is 4.74 Å². The van der Waals surface area contributed by atoms with E-state index in [4.69, 9.17) is 4.74 Å². The second kappa shape index (κ2) is 6.51. The number of amides is 1. The van der Waals surface area contributed by atoms with Crippen molar-refractivity contribution < 1.29 is 14.6 Å². The van der Waals surface area contributed by atoms with Gasteiger partial charge >= 0.3 is 0 Å². The van der Waals surface area contributed by atoms with Crippen molar-refractivity contribution in [2.24, 2.45) is 5.92 Å². The van der Waals surface area contributed by atoms with Crippen LogP contribution in [0.15, 0.2) is 11.4 Å². The van der Waals surface area contributed by atoms with Gasteiger partial charge < -0.3 is 20.1 Å². The number of ether oxygens (including phenoxy) is 1. The summed E-state index contributed by atoms with van der Waals surface area (Å²) in [6.07, 6.45) is 1.62. The number of likely N-dealkylation sites (N-methyl/N-ethyl adjacent to an activating group) is 1. The van der Waals surface area contributed by atoms with Crippen molar-refractivity contribution in [3.63, 3.8) is 0 Å². The molecule has 2 saturated heterocycles. The zero-order chi connectivity index (χ0) is 16.6. The fourth-order valence-electron chi connectivity index (χ4n) is 3.78. The Balaban J connectivity index is 1.72. The van der Waals surface area contributed by atoms with E-state index in [0.29, 0.717) is 19.6 Å². The number of likely N-dealkylation sites (tertiary alicyclic amines) is 1. The van der Waals surface area contributed by atoms with E-state index in [9.17, 15) is 9.90 Å². The molecular weight excluding hydrogens is 312 g/mol. The fraction of sp³-hybridized carbons (Fsp3) is 0.706. The Morgan fingerprint density at radius 2 is 2.35 bits per heavy atom. The number of piperidine rings is 1. The molecule has 0 radical (unpaired) electrons. The summed E-state index contributed by atoms with van der Waals surface area (Å²) in [6.45, 7) is 5.77. The molecule has 1 amide bonds. The number of nitrogens with zero attached hydrogens (tertiary/aromatic N) is 1. The standard InChI is InChI=1S/C17H26N2O3S/c1-11-6-14(23-10-11)16(20)19-5-4-13-12(8-19)7-17(2,21)15(18-3)9-22-13/h6,10,12-13,15,18,21H,4-5,7-9H2,1-3H3/t12-,13+,15+,17+/m0/s1. The lowest BCUT2D eigenvalue weighted by Gasteiger charge is -2.39. The SMILES string of the molecule is CN[C@@H]1CO[C@@H]2CCN(C(=O)c3cc(C)cs3)C[C@@H]2C[C@@]1(C)O. The predicted molar refractivity (Wildman–Crippen MR) is 90.9 cm³/mol. The van der Waals surface area contributed by atoms with Crippen LogP contribution in [0.5, 0.6) is 0 Å². The van der Waals surface area contributed by atoms with Gasteiger partial charge in [-0.1, -0.05) is 0 Å². The second-order valence-corrected chi connectivity index (χ2v) is 7.97. The first-order valence-corrected chi connectivity index (χ1v) is 9.14. The highest BCUT2D eigenvalue weighted by Gasteiger charge is 2.43. The maximum Gasteiger partial charge on any atom is 0.263 e. The number of thiophene rings is 1. The van der Waals surface area contributed by atoms with Gasteiger partial charge in [-0.25, -0.2) is 0 Å². The molecule has 1 aromatic rings. The molecule has 3 heterocycles. The predicted octanol–water partition coefficient (Wildman–Crippen LogP) is 1.65. The summed E-state index contributed by atoms with van der Waals surface area (Å²) in [6, 6.07) is 1.88. The van der Waals surface area contributed by atoms with E-state index in [-0.39, 0.29) is 24.0 Å². The number of fused-ring (bicyclic) bond motifs is 1. The molecular formula is C17H26N2O3S. The van der Waals surface area contributed by atoms with Gasteiger partial charge in [0, 0.05) is 19.0 Å². The number of carbonyl (C=O) groups is 1. The zero-order valence-electron chi connectivity index (χ0n) is 14.0. The van der Waals surface area contributed by atoms with Crippen molar-refractivity contribution in [2.45, 2.75) is 44.4 Å². The molecule has 128 valence electrons. The monoisotopic (exact) mass is 338 g/mol. The van der Waals surface area contributed by atoms with E-state index >= 15 is 0 Å². The van der Waals surface area contributed by atoms with E-state index in [0.717, 1.165) is 23.4 Å². The first kappa shape index (κ1) is 16.9. The lowest BCUT2D eigenvalue weighted by molar-refractivity contribution is -0.0216. The Morgan fingerprint density at radius 3 is 3.00 bits per heavy atom. The summed E-state index contributed by atoms with van der Waals surface area (Å²) < 4.78 is 6.03. The molecule has 2 N–H and O–H groups in total. The molecule has 1 aromatic heterocycles. The first-order chi connectivity index (χ1) is 10.9. The number of rotatable bonds is 2. The average molecular weight is 338 g/mol. The number of hydrogen-bond donors (Lipinski definition) is 2. The summed E-state index contributed by atoms with van der Waals surface area (Å²) in [5, 5.41) is 15.9. The number of aryl methyl sites for hydroxylation is 1. The molecule has 23 heavy (non-hydrogen) atoms. The fourth-order valence-corrected chi connectivity index (χ4v) is 4.64. The molecule has 0 spiro atoms. The Hall–Kier alpha value is -0.950. The van der Waals surface area contributed by atoms with Crippen molar-refractivity contribution in [2.75, 3.05) is 26.7 Å². The van der Waals surface area contributed by atoms with Crippen molar-refractivity contribution >= 4 is 17.2 Å². The number of aliphatic hydroxyl groups is 1. The van der Waals surface area contributed by atoms with Crippen LogP contribution in [0.3, 0.4) is 0 Å². The van der Waals surface area contributed by atoms with Gasteiger partial charge in [-0.15, -0.1) is 11.3 Å². The van der Waals surface area contributed by atoms with Crippen LogP contribution in [0.4, 0.5) is 0 Å². The Kier molecular flexibility index (Phi) is 4.78. The van der Waals surface area contributed by atoms with Crippen molar-refractivity contribution in [1.29, 1.82) is 0 Å². The zero-order valence-corrected chi connectivity index (χ0v) is 14.9. The molecule has 0 aliphatic carbocycles. The Morgan fingerprint density at radius 1 is 1.57 bits per heavy atom. The molecule has 2 fully saturated rings. The van der Waals surface area contributed by atoms with Gasteiger partial charge in [0.1, 0.15) is 0 Å². The van der Waals surface area contributed by atoms with Gasteiger partial charge in [0.15, 0.2) is 0 Å². The van der Waals surface area contributed by atoms with E-state index < -0.39 is 5.60 Å². The van der Waals surface area contributed by atoms with Gasteiger partial charge in [-0.2, -0.15) is 0 Å². The molecule has 2 aliphatic heterocycles. The largest absolute Gasteiger partial charge is 0.388 e. The molecule has 0 aromatic carbocycles. The highest BCUT2D eigenvalue weighted by atomic mass is 32.1. The molecule has 0 bridgehead atoms. The van der Waals surface area contributed by atoms with Crippen molar-refractivity contribution in [1.82, 2.24) is 10.2 Å². The van der Waals surface area contributed by atoms with E-state index in [1.807, 2.05) is 37.2 Å². The van der Waals surface area contributed by atoms with E-state index in [1.165, 1.54) is 11.3 Å². The van der Waals surface area contributed by atoms with Gasteiger partial charge in [-0.3, -0.25) is 4.79 Å². The van der Waals surface area contributed by atoms with Crippen molar-refractivity contribution in [3.05, 3.63) is 21.9 Å². The second-order valence-electron chi connectivity index (χ2n) is 7.06. The number of carbonyl (C=O) groups excluding carboxylic acids is 1. The third kappa shape index (κ3) is 3.45. The molecule has 5 nitrogen and oxygen atoms in total. The summed E-state index contributed by atoms with van der Waals surface area (Å²) in [7, 11) is 1.85. The third-order valence-electron chi connectivity index (χ3n) is 5.14. The number of nitrogens with one attached hydrogen (secondary N) is 1. The number of hydrogen-bond acceptors (Lipinski definition) is 5. The smallest absolute Gasteiger partial charge is 0.263 e. The van der Waals surface area contributed by atoms with Gasteiger partial charge in [0.2, 0.25) is 0 Å². The summed E-state index contributed by atoms with van der Waals surface area (Å²) in [5.74, 6) is 0.290. The topological polar surface area (TPSA) is 61.8 Å². The molecule has 6 heteroatoms. The molecule has 4 atom stereocenters. The molecule has 3 rings (SSSR count). The molecule has 0 unspecified atom stereocenters. The van der Waals surface area contributed by atoms with Crippen LogP contribution < -0.4 is 5.32 Å². The maximum absolute atomic E-state index is 12.7. The highest BCUT2D eigenvalue weighted by Crippen LogP contribution is 2.34. The van der Waals surface area contributed by atoms with Crippen LogP contribution in [0, 0.1) is 12.8 Å². The lowest BCUT2D eigenvalue weighted by atomic mass is 9.82. The van der Waals surface area contributed by atoms with E-state index in [2.05, 4.69) is 5.32 Å². The normalized spacial score (nSPS) is 34.8. The van der Waals surface area contributed by atoms with Crippen LogP contribution in [-0.4, -0.2) is 60.4 Å². The van der Waals surface area contributed by atoms with Crippen molar-refractivity contribution in [3.8, 4) is 0 Å². The van der Waals surface area contributed by atoms with Crippen LogP contribution in [0.25, 0.3) is 0 Å². The summed E-state index contributed by atoms with van der Waals surface area (Å²) in [5.41, 5.74) is 0.311. The summed E-state index contributed by atoms with van der Waals surface area (Å²) in [4.78, 5) is 15.4. The van der Waals surface area contributed by atoms with Gasteiger partial charge in [0.05, 0.1) is 29.2 Å². The Bertz CT molecular complexity index is 572. The minimum atomic E-state index is -0.820. The van der Waals surface area contributed by atoms with Gasteiger partial charge in [0.25, 0.3) is 5.91 Å². The van der Waals surface area contributed by atoms with Gasteiger partial charge in [-0.05, 0) is 50.7 Å². The minimum Gasteiger partial charge on any atom is -0.388 e. The van der Waals surface area contributed by atoms with Crippen LogP contribution >= 0.6 is 11.3 Å². The quantitative estimate of drug-likeness (QED) is 0.861. The van der Waals surface area contributed by atoms with E-state index in [1.54, 1.807) is 0 Å². The minimum absolute atomic E-state index is 0.0720. The third-order valence-corrected chi connectivity index (χ3v) is 6.18. The highest BCUT2D eigenvalue weighted by molar-refractivity contribution is 7.12. The first-order valence-electron chi connectivity index (χ1n) is 8.26. The summed E-state index contributed by atoms with van der Waals surface area (Å²) >= 11 is 1.51. The average Bonchev–Trinajstić information content (AvgIpc) is 2.88.